The molecule has 4 rings (SSSR count). The fourth-order valence-corrected chi connectivity index (χ4v) is 5.43. The van der Waals surface area contributed by atoms with Crippen molar-refractivity contribution < 1.29 is 22.3 Å². The van der Waals surface area contributed by atoms with Gasteiger partial charge in [0.1, 0.15) is 23.5 Å². The highest BCUT2D eigenvalue weighted by Crippen LogP contribution is 2.34. The number of anilines is 1. The Morgan fingerprint density at radius 1 is 1.06 bits per heavy atom. The Morgan fingerprint density at radius 3 is 2.43 bits per heavy atom. The van der Waals surface area contributed by atoms with E-state index in [-0.39, 0.29) is 11.0 Å². The average Bonchev–Trinajstić information content (AvgIpc) is 3.39. The molecule has 1 saturated heterocycles. The van der Waals surface area contributed by atoms with Gasteiger partial charge in [0.25, 0.3) is 0 Å². The number of unbranched alkanes of at least 4 members (excludes halogenated alkanes) is 1. The number of aromatic nitrogens is 1. The van der Waals surface area contributed by atoms with E-state index >= 15 is 0 Å². The summed E-state index contributed by atoms with van der Waals surface area (Å²) < 4.78 is 44.7. The molecule has 0 N–H and O–H groups in total. The van der Waals surface area contributed by atoms with Crippen LogP contribution in [0.3, 0.4) is 0 Å². The van der Waals surface area contributed by atoms with Crippen molar-refractivity contribution in [1.82, 2.24) is 9.29 Å². The topological polar surface area (TPSA) is 85.1 Å². The van der Waals surface area contributed by atoms with Gasteiger partial charge in [0, 0.05) is 43.5 Å². The Kier molecular flexibility index (Phi) is 7.97. The molecule has 0 aliphatic carbocycles. The minimum Gasteiger partial charge on any atom is -0.493 e. The first-order valence-corrected chi connectivity index (χ1v) is 13.5. The first kappa shape index (κ1) is 25.1. The minimum atomic E-state index is -3.56. The van der Waals surface area contributed by atoms with Crippen molar-refractivity contribution in [1.29, 1.82) is 0 Å². The number of hydrogen-bond acceptors (Lipinski definition) is 7. The van der Waals surface area contributed by atoms with Crippen LogP contribution in [0.1, 0.15) is 33.6 Å². The van der Waals surface area contributed by atoms with E-state index in [9.17, 15) is 8.42 Å². The molecule has 8 nitrogen and oxygen atoms in total. The van der Waals surface area contributed by atoms with Crippen LogP contribution in [0.5, 0.6) is 11.5 Å². The first-order chi connectivity index (χ1) is 16.9. The number of hydrogen-bond donors (Lipinski definition) is 0. The van der Waals surface area contributed by atoms with Gasteiger partial charge in [-0.15, -0.1) is 0 Å². The summed E-state index contributed by atoms with van der Waals surface area (Å²) >= 11 is 0. The van der Waals surface area contributed by atoms with Crippen LogP contribution in [0.2, 0.25) is 0 Å². The van der Waals surface area contributed by atoms with Gasteiger partial charge in [-0.1, -0.05) is 13.3 Å². The van der Waals surface area contributed by atoms with Crippen molar-refractivity contribution in [3.05, 3.63) is 55.1 Å². The molecule has 2 heterocycles. The van der Waals surface area contributed by atoms with Crippen LogP contribution in [0, 0.1) is 0 Å². The predicted molar refractivity (Wildman–Crippen MR) is 136 cm³/mol. The number of rotatable bonds is 10. The van der Waals surface area contributed by atoms with Crippen molar-refractivity contribution in [2.24, 2.45) is 0 Å². The summed E-state index contributed by atoms with van der Waals surface area (Å²) in [7, 11) is -3.56. The summed E-state index contributed by atoms with van der Waals surface area (Å²) in [6.07, 6.45) is 5.05. The fourth-order valence-electron chi connectivity index (χ4n) is 4.01. The zero-order chi connectivity index (χ0) is 24.8. The number of sulfonamides is 1. The lowest BCUT2D eigenvalue weighted by Crippen LogP contribution is -2.48. The minimum absolute atomic E-state index is 0.0353. The molecular weight excluding hydrogens is 466 g/mol. The van der Waals surface area contributed by atoms with Crippen LogP contribution in [0.4, 0.5) is 5.69 Å². The number of ether oxygens (including phenoxy) is 2. The molecule has 1 fully saturated rings. The van der Waals surface area contributed by atoms with E-state index in [4.69, 9.17) is 13.9 Å². The van der Waals surface area contributed by atoms with Crippen LogP contribution >= 0.6 is 0 Å². The van der Waals surface area contributed by atoms with E-state index in [0.717, 1.165) is 35.5 Å². The van der Waals surface area contributed by atoms with E-state index in [1.54, 1.807) is 34.8 Å². The molecule has 0 atom stereocenters. The third-order valence-electron chi connectivity index (χ3n) is 5.87. The van der Waals surface area contributed by atoms with Crippen molar-refractivity contribution in [3.8, 4) is 22.8 Å². The summed E-state index contributed by atoms with van der Waals surface area (Å²) in [6, 6.07) is 12.7. The smallest absolute Gasteiger partial charge is 0.243 e. The standard InChI is InChI=1S/C26H33N3O5S/c1-4-5-16-33-26-17-21(6-11-24(26)25-18-32-19-27-25)28-12-14-29(15-13-28)35(30,31)23-9-7-22(8-10-23)34-20(2)3/h6-11,17-20H,4-5,12-16H2,1-3H3. The molecule has 0 radical (unpaired) electrons. The van der Waals surface area contributed by atoms with Crippen molar-refractivity contribution in [2.45, 2.75) is 44.6 Å². The molecule has 1 aromatic heterocycles. The Morgan fingerprint density at radius 2 is 1.80 bits per heavy atom. The van der Waals surface area contributed by atoms with Gasteiger partial charge in [-0.2, -0.15) is 4.31 Å². The number of piperazine rings is 1. The van der Waals surface area contributed by atoms with E-state index in [1.807, 2.05) is 32.0 Å². The maximum absolute atomic E-state index is 13.2. The molecule has 35 heavy (non-hydrogen) atoms. The normalized spacial score (nSPS) is 14.9. The summed E-state index contributed by atoms with van der Waals surface area (Å²) in [5, 5.41) is 0. The highest BCUT2D eigenvalue weighted by molar-refractivity contribution is 7.89. The molecule has 9 heteroatoms. The van der Waals surface area contributed by atoms with E-state index < -0.39 is 10.0 Å². The van der Waals surface area contributed by atoms with Crippen LogP contribution in [0.15, 0.2) is 64.4 Å². The summed E-state index contributed by atoms with van der Waals surface area (Å²) in [4.78, 5) is 6.73. The lowest BCUT2D eigenvalue weighted by Gasteiger charge is -2.35. The van der Waals surface area contributed by atoms with Gasteiger partial charge < -0.3 is 18.8 Å². The molecule has 3 aromatic rings. The average molecular weight is 500 g/mol. The zero-order valence-electron chi connectivity index (χ0n) is 20.5. The third kappa shape index (κ3) is 5.97. The molecule has 1 aliphatic rings. The van der Waals surface area contributed by atoms with Crippen LogP contribution in [-0.4, -0.2) is 56.6 Å². The van der Waals surface area contributed by atoms with Gasteiger partial charge >= 0.3 is 0 Å². The Labute approximate surface area is 207 Å². The van der Waals surface area contributed by atoms with Gasteiger partial charge in [0.05, 0.1) is 17.6 Å². The fraction of sp³-hybridized carbons (Fsp3) is 0.423. The molecule has 1 aliphatic heterocycles. The maximum Gasteiger partial charge on any atom is 0.243 e. The lowest BCUT2D eigenvalue weighted by molar-refractivity contribution is 0.242. The second-order valence-electron chi connectivity index (χ2n) is 8.79. The molecule has 0 bridgehead atoms. The van der Waals surface area contributed by atoms with Crippen LogP contribution in [0.25, 0.3) is 11.3 Å². The second-order valence-corrected chi connectivity index (χ2v) is 10.7. The number of oxazole rings is 1. The van der Waals surface area contributed by atoms with Gasteiger partial charge in [0.2, 0.25) is 10.0 Å². The molecule has 0 spiro atoms. The quantitative estimate of drug-likeness (QED) is 0.370. The molecule has 0 amide bonds. The van der Waals surface area contributed by atoms with Crippen LogP contribution in [-0.2, 0) is 10.0 Å². The van der Waals surface area contributed by atoms with E-state index in [0.29, 0.717) is 38.5 Å². The third-order valence-corrected chi connectivity index (χ3v) is 7.78. The van der Waals surface area contributed by atoms with Gasteiger partial charge in [-0.3, -0.25) is 0 Å². The van der Waals surface area contributed by atoms with Gasteiger partial charge in [0.15, 0.2) is 6.39 Å². The highest BCUT2D eigenvalue weighted by Gasteiger charge is 2.29. The number of benzene rings is 2. The van der Waals surface area contributed by atoms with Crippen LogP contribution < -0.4 is 14.4 Å². The number of nitrogens with zero attached hydrogens (tertiary/aromatic N) is 3. The Balaban J connectivity index is 1.45. The van der Waals surface area contributed by atoms with Crippen molar-refractivity contribution >= 4 is 15.7 Å². The monoisotopic (exact) mass is 499 g/mol. The summed E-state index contributed by atoms with van der Waals surface area (Å²) in [6.45, 7) is 8.61. The molecule has 0 saturated carbocycles. The first-order valence-electron chi connectivity index (χ1n) is 12.1. The molecule has 2 aromatic carbocycles. The van der Waals surface area contributed by atoms with Crippen molar-refractivity contribution in [3.63, 3.8) is 0 Å². The van der Waals surface area contributed by atoms with Gasteiger partial charge in [-0.05, 0) is 56.7 Å². The molecule has 188 valence electrons. The highest BCUT2D eigenvalue weighted by atomic mass is 32.2. The summed E-state index contributed by atoms with van der Waals surface area (Å²) in [5.41, 5.74) is 2.60. The largest absolute Gasteiger partial charge is 0.493 e. The predicted octanol–water partition coefficient (Wildman–Crippen LogP) is 4.82. The maximum atomic E-state index is 13.2. The van der Waals surface area contributed by atoms with E-state index in [2.05, 4.69) is 16.8 Å². The Hall–Kier alpha value is -3.04. The van der Waals surface area contributed by atoms with E-state index in [1.165, 1.54) is 6.39 Å². The molecular formula is C26H33N3O5S. The lowest BCUT2D eigenvalue weighted by atomic mass is 10.1. The zero-order valence-corrected chi connectivity index (χ0v) is 21.3. The SMILES string of the molecule is CCCCOc1cc(N2CCN(S(=O)(=O)c3ccc(OC(C)C)cc3)CC2)ccc1-c1cocn1. The Bertz CT molecular complexity index is 1190. The molecule has 0 unspecified atom stereocenters. The summed E-state index contributed by atoms with van der Waals surface area (Å²) in [5.74, 6) is 1.42. The van der Waals surface area contributed by atoms with Crippen molar-refractivity contribution in [2.75, 3.05) is 37.7 Å². The van der Waals surface area contributed by atoms with Gasteiger partial charge in [-0.25, -0.2) is 13.4 Å². The second kappa shape index (κ2) is 11.1.